The second kappa shape index (κ2) is 7.26. The average molecular weight is 201 g/mol. The molecule has 0 aliphatic rings. The van der Waals surface area contributed by atoms with E-state index >= 15 is 0 Å². The zero-order chi connectivity index (χ0) is 10.3. The lowest BCUT2D eigenvalue weighted by Gasteiger charge is -2.27. The highest BCUT2D eigenvalue weighted by atomic mass is 31.1. The van der Waals surface area contributed by atoms with Crippen LogP contribution in [0.3, 0.4) is 0 Å². The molecule has 3 nitrogen and oxygen atoms in total. The molecule has 0 aliphatic carbocycles. The maximum Gasteiger partial charge on any atom is 0.176 e. The zero-order valence-corrected chi connectivity index (χ0v) is 9.71. The SMILES string of the molecule is CC(C)N([P]OCCC#N)C(C)C. The molecular weight excluding hydrogens is 183 g/mol. The fourth-order valence-corrected chi connectivity index (χ4v) is 1.67. The molecule has 0 aromatic rings. The summed E-state index contributed by atoms with van der Waals surface area (Å²) >= 11 is 0. The van der Waals surface area contributed by atoms with Gasteiger partial charge < -0.3 is 4.52 Å². The largest absolute Gasteiger partial charge is 0.336 e. The van der Waals surface area contributed by atoms with Crippen LogP contribution in [0.4, 0.5) is 0 Å². The average Bonchev–Trinajstić information content (AvgIpc) is 2.02. The summed E-state index contributed by atoms with van der Waals surface area (Å²) in [6, 6.07) is 3.00. The van der Waals surface area contributed by atoms with Crippen LogP contribution in [0.2, 0.25) is 0 Å². The molecule has 4 heteroatoms. The molecule has 13 heavy (non-hydrogen) atoms. The van der Waals surface area contributed by atoms with Crippen LogP contribution >= 0.6 is 8.96 Å². The second-order valence-electron chi connectivity index (χ2n) is 3.39. The van der Waals surface area contributed by atoms with Gasteiger partial charge >= 0.3 is 0 Å². The molecule has 0 rings (SSSR count). The molecule has 75 valence electrons. The predicted molar refractivity (Wildman–Crippen MR) is 55.2 cm³/mol. The molecule has 1 radical (unpaired) electrons. The number of hydrogen-bond donors (Lipinski definition) is 0. The molecule has 0 bridgehead atoms. The summed E-state index contributed by atoms with van der Waals surface area (Å²) in [5, 5.41) is 8.30. The highest BCUT2D eigenvalue weighted by Crippen LogP contribution is 2.25. The molecule has 0 amide bonds. The van der Waals surface area contributed by atoms with Crippen LogP contribution < -0.4 is 0 Å². The van der Waals surface area contributed by atoms with Gasteiger partial charge in [-0.1, -0.05) is 0 Å². The van der Waals surface area contributed by atoms with Gasteiger partial charge in [0.1, 0.15) is 0 Å². The highest BCUT2D eigenvalue weighted by Gasteiger charge is 2.14. The van der Waals surface area contributed by atoms with Gasteiger partial charge in [-0.3, -0.25) is 0 Å². The van der Waals surface area contributed by atoms with Gasteiger partial charge in [-0.15, -0.1) is 0 Å². The third-order valence-electron chi connectivity index (χ3n) is 1.52. The smallest absolute Gasteiger partial charge is 0.176 e. The molecule has 0 atom stereocenters. The Balaban J connectivity index is 3.65. The summed E-state index contributed by atoms with van der Waals surface area (Å²) in [5.41, 5.74) is 0. The Morgan fingerprint density at radius 1 is 1.31 bits per heavy atom. The van der Waals surface area contributed by atoms with Crippen molar-refractivity contribution in [2.45, 2.75) is 46.2 Å². The summed E-state index contributed by atoms with van der Waals surface area (Å²) in [4.78, 5) is 0. The van der Waals surface area contributed by atoms with Crippen molar-refractivity contribution < 1.29 is 4.52 Å². The second-order valence-corrected chi connectivity index (χ2v) is 4.27. The summed E-state index contributed by atoms with van der Waals surface area (Å²) in [6.45, 7) is 9.08. The van der Waals surface area contributed by atoms with Crippen LogP contribution in [0.25, 0.3) is 0 Å². The molecule has 0 heterocycles. The predicted octanol–water partition coefficient (Wildman–Crippen LogP) is 2.81. The Labute approximate surface area is 83.0 Å². The summed E-state index contributed by atoms with van der Waals surface area (Å²) < 4.78 is 7.55. The van der Waals surface area contributed by atoms with E-state index in [9.17, 15) is 0 Å². The summed E-state index contributed by atoms with van der Waals surface area (Å²) in [6.07, 6.45) is 0.469. The van der Waals surface area contributed by atoms with E-state index in [1.807, 2.05) is 0 Å². The van der Waals surface area contributed by atoms with Gasteiger partial charge in [0.05, 0.1) is 19.1 Å². The Hall–Kier alpha value is -0.160. The number of rotatable bonds is 6. The summed E-state index contributed by atoms with van der Waals surface area (Å²) in [7, 11) is 0.868. The van der Waals surface area contributed by atoms with Crippen molar-refractivity contribution in [3.8, 4) is 6.07 Å². The van der Waals surface area contributed by atoms with Gasteiger partial charge in [-0.25, -0.2) is 4.67 Å². The first-order valence-corrected chi connectivity index (χ1v) is 5.34. The molecule has 0 fully saturated rings. The van der Waals surface area contributed by atoms with E-state index in [-0.39, 0.29) is 0 Å². The van der Waals surface area contributed by atoms with Gasteiger partial charge in [0.2, 0.25) is 0 Å². The molecule has 0 aliphatic heterocycles. The van der Waals surface area contributed by atoms with Gasteiger partial charge in [0, 0.05) is 12.1 Å². The van der Waals surface area contributed by atoms with Crippen LogP contribution in [0.5, 0.6) is 0 Å². The van der Waals surface area contributed by atoms with E-state index in [0.29, 0.717) is 25.1 Å². The van der Waals surface area contributed by atoms with Gasteiger partial charge in [-0.2, -0.15) is 5.26 Å². The normalized spacial score (nSPS) is 12.2. The lowest BCUT2D eigenvalue weighted by Crippen LogP contribution is -2.29. The third-order valence-corrected chi connectivity index (χ3v) is 2.93. The van der Waals surface area contributed by atoms with E-state index in [4.69, 9.17) is 9.79 Å². The lowest BCUT2D eigenvalue weighted by atomic mass is 10.3. The van der Waals surface area contributed by atoms with Crippen LogP contribution in [0.1, 0.15) is 34.1 Å². The van der Waals surface area contributed by atoms with E-state index in [0.717, 1.165) is 8.96 Å². The van der Waals surface area contributed by atoms with Crippen LogP contribution in [-0.2, 0) is 4.52 Å². The van der Waals surface area contributed by atoms with E-state index in [2.05, 4.69) is 38.4 Å². The van der Waals surface area contributed by atoms with Gasteiger partial charge in [0.15, 0.2) is 8.96 Å². The first kappa shape index (κ1) is 12.8. The number of nitrogens with zero attached hydrogens (tertiary/aromatic N) is 2. The fraction of sp³-hybridized carbons (Fsp3) is 0.889. The fourth-order valence-electron chi connectivity index (χ4n) is 0.984. The van der Waals surface area contributed by atoms with Crippen molar-refractivity contribution in [3.05, 3.63) is 0 Å². The van der Waals surface area contributed by atoms with Crippen molar-refractivity contribution in [3.63, 3.8) is 0 Å². The highest BCUT2D eigenvalue weighted by molar-refractivity contribution is 7.29. The number of hydrogen-bond acceptors (Lipinski definition) is 3. The summed E-state index contributed by atoms with van der Waals surface area (Å²) in [5.74, 6) is 0. The van der Waals surface area contributed by atoms with Gasteiger partial charge in [-0.05, 0) is 27.7 Å². The Kier molecular flexibility index (Phi) is 7.17. The van der Waals surface area contributed by atoms with Crippen molar-refractivity contribution in [1.29, 1.82) is 5.26 Å². The van der Waals surface area contributed by atoms with E-state index in [1.165, 1.54) is 0 Å². The molecule has 0 N–H and O–H groups in total. The molecular formula is C9H18N2OP. The molecule has 0 aromatic carbocycles. The molecule has 0 aromatic heterocycles. The molecule has 0 unspecified atom stereocenters. The van der Waals surface area contributed by atoms with Crippen LogP contribution in [-0.4, -0.2) is 23.4 Å². The maximum atomic E-state index is 8.30. The third kappa shape index (κ3) is 5.99. The standard InChI is InChI=1S/C9H18N2OP/c1-8(2)11(9(3)4)13-12-7-5-6-10/h8-9H,5,7H2,1-4H3. The molecule has 0 spiro atoms. The molecule has 0 saturated carbocycles. The Bertz CT molecular complexity index is 157. The maximum absolute atomic E-state index is 8.30. The minimum atomic E-state index is 0.469. The zero-order valence-electron chi connectivity index (χ0n) is 8.82. The van der Waals surface area contributed by atoms with Crippen LogP contribution in [0, 0.1) is 11.3 Å². The topological polar surface area (TPSA) is 36.3 Å². The van der Waals surface area contributed by atoms with Crippen molar-refractivity contribution in [1.82, 2.24) is 4.67 Å². The first-order chi connectivity index (χ1) is 6.09. The minimum absolute atomic E-state index is 0.469. The van der Waals surface area contributed by atoms with E-state index < -0.39 is 0 Å². The Morgan fingerprint density at radius 2 is 1.85 bits per heavy atom. The Morgan fingerprint density at radius 3 is 2.23 bits per heavy atom. The lowest BCUT2D eigenvalue weighted by molar-refractivity contribution is 0.270. The van der Waals surface area contributed by atoms with Crippen LogP contribution in [0.15, 0.2) is 0 Å². The van der Waals surface area contributed by atoms with Gasteiger partial charge in [0.25, 0.3) is 0 Å². The minimum Gasteiger partial charge on any atom is -0.336 e. The van der Waals surface area contributed by atoms with E-state index in [1.54, 1.807) is 0 Å². The van der Waals surface area contributed by atoms with Crippen molar-refractivity contribution in [2.24, 2.45) is 0 Å². The monoisotopic (exact) mass is 201 g/mol. The molecule has 0 saturated heterocycles. The quantitative estimate of drug-likeness (QED) is 0.489. The number of nitriles is 1. The van der Waals surface area contributed by atoms with Crippen molar-refractivity contribution in [2.75, 3.05) is 6.61 Å². The first-order valence-electron chi connectivity index (χ1n) is 4.57. The van der Waals surface area contributed by atoms with Crippen molar-refractivity contribution >= 4 is 8.96 Å².